The molecule has 8 heteroatoms. The molecule has 3 rings (SSSR count). The number of benzene rings is 2. The molecule has 2 aromatic rings. The van der Waals surface area contributed by atoms with Crippen molar-refractivity contribution in [3.63, 3.8) is 0 Å². The van der Waals surface area contributed by atoms with Gasteiger partial charge in [-0.25, -0.2) is 0 Å². The molecule has 0 aliphatic carbocycles. The molecule has 0 saturated carbocycles. The molecule has 0 radical (unpaired) electrons. The number of ether oxygens (including phenoxy) is 1. The first-order valence-electron chi connectivity index (χ1n) is 10.1. The van der Waals surface area contributed by atoms with Crippen molar-refractivity contribution < 1.29 is 4.74 Å². The van der Waals surface area contributed by atoms with E-state index in [-0.39, 0.29) is 5.11 Å². The number of nitrogens with two attached hydrogens (primary N) is 1. The Morgan fingerprint density at radius 2 is 2.00 bits per heavy atom. The molecule has 1 saturated heterocycles. The summed E-state index contributed by atoms with van der Waals surface area (Å²) in [4.78, 5) is 4.44. The van der Waals surface area contributed by atoms with Crippen molar-refractivity contribution in [3.8, 4) is 5.75 Å². The molecular weight excluding hydrogens is 436 g/mol. The lowest BCUT2D eigenvalue weighted by molar-refractivity contribution is 0.302. The predicted octanol–water partition coefficient (Wildman–Crippen LogP) is 4.96. The van der Waals surface area contributed by atoms with E-state index >= 15 is 0 Å². The summed E-state index contributed by atoms with van der Waals surface area (Å²) in [5, 5.41) is 4.82. The highest BCUT2D eigenvalue weighted by atomic mass is 35.5. The van der Waals surface area contributed by atoms with Crippen molar-refractivity contribution in [1.29, 1.82) is 0 Å². The Bertz CT molecular complexity index is 908. The van der Waals surface area contributed by atoms with Gasteiger partial charge in [-0.05, 0) is 80.5 Å². The Balaban J connectivity index is 1.36. The highest BCUT2D eigenvalue weighted by Crippen LogP contribution is 2.26. The Kier molecular flexibility index (Phi) is 8.13. The molecule has 30 heavy (non-hydrogen) atoms. The summed E-state index contributed by atoms with van der Waals surface area (Å²) in [5.74, 6) is 0.810. The smallest absolute Gasteiger partial charge is 0.176 e. The Morgan fingerprint density at radius 1 is 1.17 bits per heavy atom. The fraction of sp³-hybridized carbons (Fsp3) is 0.364. The third kappa shape index (κ3) is 6.20. The summed E-state index contributed by atoms with van der Waals surface area (Å²) in [5.41, 5.74) is 8.49. The maximum atomic E-state index is 6.27. The van der Waals surface area contributed by atoms with Crippen LogP contribution in [0.15, 0.2) is 42.5 Å². The van der Waals surface area contributed by atoms with E-state index < -0.39 is 0 Å². The minimum absolute atomic E-state index is 0.246. The molecule has 5 nitrogen and oxygen atoms in total. The van der Waals surface area contributed by atoms with E-state index in [0.717, 1.165) is 71.7 Å². The number of hydrogen-bond acceptors (Lipinski definition) is 3. The molecule has 0 atom stereocenters. The largest absolute Gasteiger partial charge is 0.494 e. The van der Waals surface area contributed by atoms with Crippen LogP contribution < -0.4 is 20.7 Å². The van der Waals surface area contributed by atoms with Crippen LogP contribution in [-0.2, 0) is 0 Å². The van der Waals surface area contributed by atoms with Gasteiger partial charge in [-0.1, -0.05) is 23.7 Å². The van der Waals surface area contributed by atoms with Crippen LogP contribution in [0.2, 0.25) is 5.02 Å². The first kappa shape index (κ1) is 22.6. The fourth-order valence-corrected chi connectivity index (χ4v) is 4.03. The van der Waals surface area contributed by atoms with E-state index in [9.17, 15) is 0 Å². The van der Waals surface area contributed by atoms with E-state index in [1.165, 1.54) is 0 Å². The highest BCUT2D eigenvalue weighted by Gasteiger charge is 2.25. The lowest BCUT2D eigenvalue weighted by atomic mass is 10.2. The van der Waals surface area contributed by atoms with Crippen molar-refractivity contribution >= 4 is 57.6 Å². The zero-order valence-corrected chi connectivity index (χ0v) is 19.5. The minimum atomic E-state index is 0.246. The molecule has 1 heterocycles. The molecule has 2 aromatic carbocycles. The Morgan fingerprint density at radius 3 is 2.77 bits per heavy atom. The Hall–Kier alpha value is -2.09. The van der Waals surface area contributed by atoms with Crippen LogP contribution in [0, 0.1) is 6.92 Å². The number of nitrogens with zero attached hydrogens (tertiary/aromatic N) is 2. The first-order chi connectivity index (χ1) is 14.4. The van der Waals surface area contributed by atoms with Crippen molar-refractivity contribution in [3.05, 3.63) is 53.1 Å². The molecule has 0 bridgehead atoms. The van der Waals surface area contributed by atoms with Gasteiger partial charge in [-0.2, -0.15) is 0 Å². The van der Waals surface area contributed by atoms with Crippen molar-refractivity contribution in [1.82, 2.24) is 4.90 Å². The van der Waals surface area contributed by atoms with Gasteiger partial charge in [-0.15, -0.1) is 0 Å². The molecular formula is C22H27ClN4OS2. The van der Waals surface area contributed by atoms with Crippen LogP contribution in [0.4, 0.5) is 11.4 Å². The maximum absolute atomic E-state index is 6.27. The zero-order chi connectivity index (χ0) is 21.5. The molecule has 3 N–H and O–H groups in total. The van der Waals surface area contributed by atoms with E-state index in [2.05, 4.69) is 21.2 Å². The lowest BCUT2D eigenvalue weighted by Crippen LogP contribution is -2.32. The Labute approximate surface area is 194 Å². The number of aryl methyl sites for hydroxylation is 1. The second-order valence-electron chi connectivity index (χ2n) is 7.28. The topological polar surface area (TPSA) is 53.8 Å². The zero-order valence-electron chi connectivity index (χ0n) is 17.1. The quantitative estimate of drug-likeness (QED) is 0.403. The van der Waals surface area contributed by atoms with Crippen molar-refractivity contribution in [2.75, 3.05) is 36.5 Å². The third-order valence-electron chi connectivity index (χ3n) is 5.00. The standard InChI is InChI=1S/C22H27ClN4OS2/c1-16-8-9-18(15-20(16)23)27-12-11-26(22(27)30)10-3-2-4-13-28-19-7-5-6-17(14-19)25-21(24)29/h5-9,14-15H,2-4,10-13H2,1H3,(H3,24,25,29). The van der Waals surface area contributed by atoms with Crippen molar-refractivity contribution in [2.45, 2.75) is 26.2 Å². The van der Waals surface area contributed by atoms with E-state index in [1.54, 1.807) is 0 Å². The van der Waals surface area contributed by atoms with Gasteiger partial charge >= 0.3 is 0 Å². The van der Waals surface area contributed by atoms with Gasteiger partial charge in [0.1, 0.15) is 5.75 Å². The first-order valence-corrected chi connectivity index (χ1v) is 11.3. The number of halogens is 1. The summed E-state index contributed by atoms with van der Waals surface area (Å²) in [6.07, 6.45) is 3.15. The van der Waals surface area contributed by atoms with Gasteiger partial charge < -0.3 is 25.6 Å². The van der Waals surface area contributed by atoms with Gasteiger partial charge in [0.15, 0.2) is 10.2 Å². The highest BCUT2D eigenvalue weighted by molar-refractivity contribution is 7.80. The minimum Gasteiger partial charge on any atom is -0.494 e. The second kappa shape index (κ2) is 10.8. The second-order valence-corrected chi connectivity index (χ2v) is 8.49. The molecule has 1 fully saturated rings. The van der Waals surface area contributed by atoms with Gasteiger partial charge in [0.2, 0.25) is 0 Å². The van der Waals surface area contributed by atoms with E-state index in [4.69, 9.17) is 46.5 Å². The van der Waals surface area contributed by atoms with Crippen LogP contribution in [0.5, 0.6) is 5.75 Å². The van der Waals surface area contributed by atoms with E-state index in [1.807, 2.05) is 43.3 Å². The molecule has 1 aliphatic heterocycles. The summed E-state index contributed by atoms with van der Waals surface area (Å²) in [6.45, 7) is 5.49. The number of nitrogens with one attached hydrogen (secondary N) is 1. The van der Waals surface area contributed by atoms with Gasteiger partial charge in [0.05, 0.1) is 6.61 Å². The van der Waals surface area contributed by atoms with Crippen LogP contribution >= 0.6 is 36.0 Å². The van der Waals surface area contributed by atoms with Crippen LogP contribution in [0.25, 0.3) is 0 Å². The average molecular weight is 463 g/mol. The molecule has 0 unspecified atom stereocenters. The number of anilines is 2. The summed E-state index contributed by atoms with van der Waals surface area (Å²) < 4.78 is 5.83. The average Bonchev–Trinajstić information content (AvgIpc) is 3.07. The van der Waals surface area contributed by atoms with E-state index in [0.29, 0.717) is 6.61 Å². The normalized spacial score (nSPS) is 13.6. The number of thiocarbonyl (C=S) groups is 2. The molecule has 1 aliphatic rings. The van der Waals surface area contributed by atoms with Gasteiger partial charge in [0.25, 0.3) is 0 Å². The summed E-state index contributed by atoms with van der Waals surface area (Å²) in [6, 6.07) is 13.8. The monoisotopic (exact) mass is 462 g/mol. The SMILES string of the molecule is Cc1ccc(N2CCN(CCCCCOc3cccc(NC(N)=S)c3)C2=S)cc1Cl. The predicted molar refractivity (Wildman–Crippen MR) is 134 cm³/mol. The number of hydrogen-bond donors (Lipinski definition) is 2. The van der Waals surface area contributed by atoms with Crippen molar-refractivity contribution in [2.24, 2.45) is 5.73 Å². The fourth-order valence-electron chi connectivity index (χ4n) is 3.36. The summed E-state index contributed by atoms with van der Waals surface area (Å²) in [7, 11) is 0. The maximum Gasteiger partial charge on any atom is 0.176 e. The molecule has 0 amide bonds. The summed E-state index contributed by atoms with van der Waals surface area (Å²) >= 11 is 16.8. The third-order valence-corrected chi connectivity index (χ3v) is 5.99. The number of unbranched alkanes of at least 4 members (excludes halogenated alkanes) is 2. The molecule has 160 valence electrons. The molecule has 0 aromatic heterocycles. The lowest BCUT2D eigenvalue weighted by Gasteiger charge is -2.22. The van der Waals surface area contributed by atoms with Gasteiger partial charge in [0, 0.05) is 42.1 Å². The van der Waals surface area contributed by atoms with Gasteiger partial charge in [-0.3, -0.25) is 0 Å². The number of rotatable bonds is 9. The molecule has 0 spiro atoms. The van der Waals surface area contributed by atoms with Crippen LogP contribution in [-0.4, -0.2) is 41.4 Å². The van der Waals surface area contributed by atoms with Crippen LogP contribution in [0.1, 0.15) is 24.8 Å². The van der Waals surface area contributed by atoms with Crippen LogP contribution in [0.3, 0.4) is 0 Å².